The van der Waals surface area contributed by atoms with Crippen LogP contribution in [0.4, 0.5) is 4.39 Å². The fourth-order valence-electron chi connectivity index (χ4n) is 1.36. The first kappa shape index (κ1) is 13.4. The lowest BCUT2D eigenvalue weighted by Crippen LogP contribution is -2.39. The number of aliphatic hydroxyl groups excluding tert-OH is 1. The van der Waals surface area contributed by atoms with Gasteiger partial charge in [-0.3, -0.25) is 0 Å². The molecule has 0 aliphatic rings. The molecule has 4 heteroatoms. The Morgan fingerprint density at radius 1 is 1.44 bits per heavy atom. The maximum Gasteiger partial charge on any atom is 0.141 e. The predicted octanol–water partition coefficient (Wildman–Crippen LogP) is 2.73. The van der Waals surface area contributed by atoms with Crippen LogP contribution in [0.5, 0.6) is 0 Å². The summed E-state index contributed by atoms with van der Waals surface area (Å²) < 4.78 is 12.9. The maximum atomic E-state index is 12.9. The number of hydrogen-bond acceptors (Lipinski definition) is 2. The summed E-state index contributed by atoms with van der Waals surface area (Å²) in [6, 6.07) is 4.67. The van der Waals surface area contributed by atoms with E-state index in [9.17, 15) is 4.39 Å². The number of nitrogens with one attached hydrogen (secondary N) is 1. The van der Waals surface area contributed by atoms with Crippen molar-refractivity contribution in [2.24, 2.45) is 0 Å². The quantitative estimate of drug-likeness (QED) is 0.836. The molecule has 90 valence electrons. The van der Waals surface area contributed by atoms with Crippen LogP contribution in [0.1, 0.15) is 25.8 Å². The van der Waals surface area contributed by atoms with Crippen molar-refractivity contribution in [3.05, 3.63) is 34.6 Å². The van der Waals surface area contributed by atoms with E-state index < -0.39 is 5.82 Å². The molecule has 0 aliphatic heterocycles. The normalized spacial score (nSPS) is 11.8. The smallest absolute Gasteiger partial charge is 0.141 e. The third kappa shape index (κ3) is 4.08. The zero-order chi connectivity index (χ0) is 12.2. The van der Waals surface area contributed by atoms with Crippen LogP contribution in [-0.4, -0.2) is 17.3 Å². The molecule has 0 bridgehead atoms. The van der Waals surface area contributed by atoms with Crippen LogP contribution in [0.25, 0.3) is 0 Å². The van der Waals surface area contributed by atoms with E-state index >= 15 is 0 Å². The van der Waals surface area contributed by atoms with Gasteiger partial charge < -0.3 is 10.4 Å². The second-order valence-corrected chi connectivity index (χ2v) is 4.87. The second kappa shape index (κ2) is 5.62. The molecule has 0 saturated carbocycles. The van der Waals surface area contributed by atoms with Gasteiger partial charge in [0.1, 0.15) is 5.82 Å². The summed E-state index contributed by atoms with van der Waals surface area (Å²) in [5, 5.41) is 12.3. The highest BCUT2D eigenvalue weighted by molar-refractivity contribution is 6.30. The average molecular weight is 246 g/mol. The van der Waals surface area contributed by atoms with Gasteiger partial charge >= 0.3 is 0 Å². The van der Waals surface area contributed by atoms with Gasteiger partial charge in [0.05, 0.1) is 5.02 Å². The molecule has 0 fully saturated rings. The topological polar surface area (TPSA) is 32.3 Å². The Kier molecular flexibility index (Phi) is 4.71. The van der Waals surface area contributed by atoms with Crippen LogP contribution < -0.4 is 5.32 Å². The summed E-state index contributed by atoms with van der Waals surface area (Å²) >= 11 is 5.68. The van der Waals surface area contributed by atoms with Gasteiger partial charge in [0, 0.05) is 18.7 Å². The Morgan fingerprint density at radius 2 is 2.12 bits per heavy atom. The lowest BCUT2D eigenvalue weighted by Gasteiger charge is -2.25. The number of aliphatic hydroxyl groups is 1. The van der Waals surface area contributed by atoms with Gasteiger partial charge in [0.25, 0.3) is 0 Å². The molecule has 0 aliphatic carbocycles. The maximum absolute atomic E-state index is 12.9. The summed E-state index contributed by atoms with van der Waals surface area (Å²) in [4.78, 5) is 0. The molecule has 1 aromatic rings. The Morgan fingerprint density at radius 3 is 2.69 bits per heavy atom. The molecule has 0 aromatic heterocycles. The van der Waals surface area contributed by atoms with E-state index in [0.717, 1.165) is 5.56 Å². The molecule has 16 heavy (non-hydrogen) atoms. The predicted molar refractivity (Wildman–Crippen MR) is 64.0 cm³/mol. The van der Waals surface area contributed by atoms with Crippen LogP contribution in [0.15, 0.2) is 18.2 Å². The summed E-state index contributed by atoms with van der Waals surface area (Å²) in [6.07, 6.45) is 0.669. The van der Waals surface area contributed by atoms with Crippen molar-refractivity contribution in [2.45, 2.75) is 32.4 Å². The van der Waals surface area contributed by atoms with Crippen molar-refractivity contribution >= 4 is 11.6 Å². The van der Waals surface area contributed by atoms with Gasteiger partial charge in [-0.15, -0.1) is 0 Å². The summed E-state index contributed by atoms with van der Waals surface area (Å²) in [7, 11) is 0. The molecule has 2 nitrogen and oxygen atoms in total. The van der Waals surface area contributed by atoms with Crippen molar-refractivity contribution in [1.82, 2.24) is 5.32 Å². The first-order valence-corrected chi connectivity index (χ1v) is 5.62. The second-order valence-electron chi connectivity index (χ2n) is 4.46. The molecule has 0 spiro atoms. The third-order valence-corrected chi connectivity index (χ3v) is 2.78. The minimum Gasteiger partial charge on any atom is -0.396 e. The molecular weight excluding hydrogens is 229 g/mol. The summed E-state index contributed by atoms with van der Waals surface area (Å²) in [5.74, 6) is -0.403. The van der Waals surface area contributed by atoms with Crippen LogP contribution in [-0.2, 0) is 6.54 Å². The molecule has 1 rings (SSSR count). The van der Waals surface area contributed by atoms with E-state index in [1.165, 1.54) is 6.07 Å². The highest BCUT2D eigenvalue weighted by Gasteiger charge is 2.15. The molecule has 0 atom stereocenters. The third-order valence-electron chi connectivity index (χ3n) is 2.49. The number of rotatable bonds is 5. The van der Waals surface area contributed by atoms with E-state index in [-0.39, 0.29) is 17.2 Å². The van der Waals surface area contributed by atoms with Crippen molar-refractivity contribution in [3.8, 4) is 0 Å². The molecule has 0 heterocycles. The Hall–Kier alpha value is -0.640. The zero-order valence-corrected chi connectivity index (χ0v) is 10.3. The lowest BCUT2D eigenvalue weighted by atomic mass is 10.0. The molecule has 2 N–H and O–H groups in total. The minimum atomic E-state index is -0.403. The van der Waals surface area contributed by atoms with Crippen molar-refractivity contribution in [2.75, 3.05) is 6.61 Å². The number of halogens is 2. The highest BCUT2D eigenvalue weighted by atomic mass is 35.5. The van der Waals surface area contributed by atoms with Crippen LogP contribution in [0, 0.1) is 5.82 Å². The van der Waals surface area contributed by atoms with Gasteiger partial charge in [0.15, 0.2) is 0 Å². The largest absolute Gasteiger partial charge is 0.396 e. The lowest BCUT2D eigenvalue weighted by molar-refractivity contribution is 0.230. The Bertz CT molecular complexity index is 355. The Balaban J connectivity index is 2.57. The zero-order valence-electron chi connectivity index (χ0n) is 9.56. The van der Waals surface area contributed by atoms with Crippen molar-refractivity contribution in [1.29, 1.82) is 0 Å². The monoisotopic (exact) mass is 245 g/mol. The van der Waals surface area contributed by atoms with E-state index in [1.54, 1.807) is 12.1 Å². The number of benzene rings is 1. The standard InChI is InChI=1S/C12H17ClFNO/c1-12(2,5-6-16)15-8-9-3-4-11(14)10(13)7-9/h3-4,7,15-16H,5-6,8H2,1-2H3. The first-order valence-electron chi connectivity index (χ1n) is 5.24. The van der Waals surface area contributed by atoms with Crippen LogP contribution in [0.2, 0.25) is 5.02 Å². The van der Waals surface area contributed by atoms with E-state index in [4.69, 9.17) is 16.7 Å². The van der Waals surface area contributed by atoms with Gasteiger partial charge in [-0.2, -0.15) is 0 Å². The summed E-state index contributed by atoms with van der Waals surface area (Å²) in [6.45, 7) is 4.76. The van der Waals surface area contributed by atoms with Gasteiger partial charge in [0.2, 0.25) is 0 Å². The molecule has 1 aromatic carbocycles. The Labute approximate surface area is 100 Å². The fraction of sp³-hybridized carbons (Fsp3) is 0.500. The van der Waals surface area contributed by atoms with Crippen molar-refractivity contribution < 1.29 is 9.50 Å². The molecule has 0 saturated heterocycles. The fourth-order valence-corrected chi connectivity index (χ4v) is 1.56. The first-order chi connectivity index (χ1) is 7.44. The number of hydrogen-bond donors (Lipinski definition) is 2. The van der Waals surface area contributed by atoms with Gasteiger partial charge in [-0.1, -0.05) is 17.7 Å². The average Bonchev–Trinajstić information content (AvgIpc) is 2.20. The van der Waals surface area contributed by atoms with Gasteiger partial charge in [-0.05, 0) is 38.0 Å². The van der Waals surface area contributed by atoms with Crippen LogP contribution in [0.3, 0.4) is 0 Å². The summed E-state index contributed by atoms with van der Waals surface area (Å²) in [5.41, 5.74) is 0.785. The van der Waals surface area contributed by atoms with Gasteiger partial charge in [-0.25, -0.2) is 4.39 Å². The molecular formula is C12H17ClFNO. The molecule has 0 radical (unpaired) electrons. The van der Waals surface area contributed by atoms with E-state index in [0.29, 0.717) is 13.0 Å². The van der Waals surface area contributed by atoms with E-state index in [2.05, 4.69) is 5.32 Å². The van der Waals surface area contributed by atoms with Crippen LogP contribution >= 0.6 is 11.6 Å². The minimum absolute atomic E-state index is 0.138. The SMILES string of the molecule is CC(C)(CCO)NCc1ccc(F)c(Cl)c1. The van der Waals surface area contributed by atoms with E-state index in [1.807, 2.05) is 13.8 Å². The molecule has 0 unspecified atom stereocenters. The highest BCUT2D eigenvalue weighted by Crippen LogP contribution is 2.17. The van der Waals surface area contributed by atoms with Crippen molar-refractivity contribution in [3.63, 3.8) is 0 Å². The molecule has 0 amide bonds.